The molecule has 1 aliphatic heterocycles. The lowest BCUT2D eigenvalue weighted by Gasteiger charge is -2.08. The Bertz CT molecular complexity index is 308. The number of nitrogens with zero attached hydrogens (tertiary/aromatic N) is 1. The SMILES string of the molecule is O=C(O)CN1C(=O)NC2(CC2)C1=O. The molecular weight excluding hydrogens is 176 g/mol. The molecule has 1 heterocycles. The standard InChI is InChI=1S/C7H8N2O4/c10-4(11)3-9-5(12)7(1-2-7)8-6(9)13/h1-3H2,(H,8,13)(H,10,11). The van der Waals surface area contributed by atoms with Crippen LogP contribution in [0.1, 0.15) is 12.8 Å². The van der Waals surface area contributed by atoms with Gasteiger partial charge in [-0.3, -0.25) is 14.5 Å². The van der Waals surface area contributed by atoms with Crippen LogP contribution in [-0.2, 0) is 9.59 Å². The van der Waals surface area contributed by atoms with E-state index in [1.165, 1.54) is 0 Å². The third-order valence-corrected chi connectivity index (χ3v) is 2.29. The van der Waals surface area contributed by atoms with Gasteiger partial charge >= 0.3 is 12.0 Å². The van der Waals surface area contributed by atoms with Gasteiger partial charge < -0.3 is 10.4 Å². The maximum atomic E-state index is 11.4. The lowest BCUT2D eigenvalue weighted by atomic mass is 10.3. The Labute approximate surface area is 73.5 Å². The van der Waals surface area contributed by atoms with Crippen LogP contribution < -0.4 is 5.32 Å². The van der Waals surface area contributed by atoms with Crippen LogP contribution in [0, 0.1) is 0 Å². The second-order valence-corrected chi connectivity index (χ2v) is 3.30. The first-order chi connectivity index (χ1) is 6.05. The molecule has 6 nitrogen and oxygen atoms in total. The maximum Gasteiger partial charge on any atom is 0.325 e. The molecule has 0 unspecified atom stereocenters. The van der Waals surface area contributed by atoms with Gasteiger partial charge in [-0.25, -0.2) is 4.79 Å². The van der Waals surface area contributed by atoms with E-state index < -0.39 is 30.0 Å². The molecule has 3 amide bonds. The zero-order chi connectivity index (χ0) is 9.64. The Morgan fingerprint density at radius 2 is 2.15 bits per heavy atom. The normalized spacial score (nSPS) is 23.5. The van der Waals surface area contributed by atoms with E-state index in [4.69, 9.17) is 5.11 Å². The number of rotatable bonds is 2. The summed E-state index contributed by atoms with van der Waals surface area (Å²) in [6.45, 7) is -0.549. The molecule has 1 saturated carbocycles. The highest BCUT2D eigenvalue weighted by Crippen LogP contribution is 2.40. The largest absolute Gasteiger partial charge is 0.480 e. The molecule has 0 aromatic rings. The number of carboxylic acids is 1. The van der Waals surface area contributed by atoms with E-state index in [-0.39, 0.29) is 0 Å². The first kappa shape index (κ1) is 8.03. The average molecular weight is 184 g/mol. The summed E-state index contributed by atoms with van der Waals surface area (Å²) in [5.74, 6) is -1.58. The van der Waals surface area contributed by atoms with E-state index in [2.05, 4.69) is 5.32 Å². The third kappa shape index (κ3) is 1.06. The number of urea groups is 1. The Balaban J connectivity index is 2.15. The summed E-state index contributed by atoms with van der Waals surface area (Å²) in [7, 11) is 0. The number of carboxylic acid groups (broad SMARTS) is 1. The van der Waals surface area contributed by atoms with Crippen LogP contribution in [0.3, 0.4) is 0 Å². The van der Waals surface area contributed by atoms with E-state index >= 15 is 0 Å². The molecule has 0 atom stereocenters. The Kier molecular flexibility index (Phi) is 1.37. The van der Waals surface area contributed by atoms with Gasteiger partial charge in [0.15, 0.2) is 0 Å². The summed E-state index contributed by atoms with van der Waals surface area (Å²) in [6, 6.07) is -0.593. The first-order valence-electron chi connectivity index (χ1n) is 3.91. The van der Waals surface area contributed by atoms with Crippen LogP contribution in [0.5, 0.6) is 0 Å². The van der Waals surface area contributed by atoms with Gasteiger partial charge in [0.05, 0.1) is 0 Å². The minimum atomic E-state index is -1.18. The van der Waals surface area contributed by atoms with E-state index in [9.17, 15) is 14.4 Å². The van der Waals surface area contributed by atoms with Crippen molar-refractivity contribution in [3.8, 4) is 0 Å². The number of imide groups is 1. The van der Waals surface area contributed by atoms with Crippen molar-refractivity contribution < 1.29 is 19.5 Å². The van der Waals surface area contributed by atoms with Gasteiger partial charge in [0, 0.05) is 0 Å². The van der Waals surface area contributed by atoms with Gasteiger partial charge in [0.1, 0.15) is 12.1 Å². The quantitative estimate of drug-likeness (QED) is 0.547. The number of carbonyl (C=O) groups excluding carboxylic acids is 2. The van der Waals surface area contributed by atoms with E-state index in [1.54, 1.807) is 0 Å². The van der Waals surface area contributed by atoms with Crippen molar-refractivity contribution >= 4 is 17.9 Å². The third-order valence-electron chi connectivity index (χ3n) is 2.29. The van der Waals surface area contributed by atoms with Crippen LogP contribution in [0.15, 0.2) is 0 Å². The van der Waals surface area contributed by atoms with Crippen molar-refractivity contribution in [2.75, 3.05) is 6.54 Å². The van der Waals surface area contributed by atoms with Crippen molar-refractivity contribution in [1.29, 1.82) is 0 Å². The predicted molar refractivity (Wildman–Crippen MR) is 39.8 cm³/mol. The lowest BCUT2D eigenvalue weighted by molar-refractivity contribution is -0.141. The minimum absolute atomic E-state index is 0.403. The van der Waals surface area contributed by atoms with E-state index in [1.807, 2.05) is 0 Å². The lowest BCUT2D eigenvalue weighted by Crippen LogP contribution is -2.36. The molecule has 6 heteroatoms. The molecule has 0 aromatic heterocycles. The number of aliphatic carboxylic acids is 1. The summed E-state index contributed by atoms with van der Waals surface area (Å²) >= 11 is 0. The summed E-state index contributed by atoms with van der Waals surface area (Å²) in [5, 5.41) is 10.9. The minimum Gasteiger partial charge on any atom is -0.480 e. The van der Waals surface area contributed by atoms with Gasteiger partial charge in [0.25, 0.3) is 5.91 Å². The number of amides is 3. The average Bonchev–Trinajstić information content (AvgIpc) is 2.75. The number of hydrogen-bond donors (Lipinski definition) is 2. The van der Waals surface area contributed by atoms with Crippen LogP contribution in [-0.4, -0.2) is 40.0 Å². The van der Waals surface area contributed by atoms with Crippen LogP contribution in [0.2, 0.25) is 0 Å². The smallest absolute Gasteiger partial charge is 0.325 e. The molecule has 0 bridgehead atoms. The topological polar surface area (TPSA) is 86.7 Å². The highest BCUT2D eigenvalue weighted by atomic mass is 16.4. The van der Waals surface area contributed by atoms with Crippen LogP contribution in [0.25, 0.3) is 0 Å². The molecule has 0 aromatic carbocycles. The molecule has 2 aliphatic rings. The Hall–Kier alpha value is -1.59. The second-order valence-electron chi connectivity index (χ2n) is 3.30. The molecule has 2 N–H and O–H groups in total. The van der Waals surface area contributed by atoms with Crippen molar-refractivity contribution in [3.63, 3.8) is 0 Å². The Morgan fingerprint density at radius 3 is 2.54 bits per heavy atom. The fraction of sp³-hybridized carbons (Fsp3) is 0.571. The van der Waals surface area contributed by atoms with Gasteiger partial charge in [0.2, 0.25) is 0 Å². The fourth-order valence-corrected chi connectivity index (χ4v) is 1.42. The molecular formula is C7H8N2O4. The van der Waals surface area contributed by atoms with E-state index in [0.29, 0.717) is 12.8 Å². The maximum absolute atomic E-state index is 11.4. The molecule has 0 radical (unpaired) electrons. The number of hydrogen-bond acceptors (Lipinski definition) is 3. The first-order valence-corrected chi connectivity index (χ1v) is 3.91. The summed E-state index contributed by atoms with van der Waals surface area (Å²) in [5.41, 5.74) is -0.744. The second kappa shape index (κ2) is 2.21. The molecule has 2 rings (SSSR count). The molecule has 13 heavy (non-hydrogen) atoms. The summed E-state index contributed by atoms with van der Waals surface area (Å²) in [6.07, 6.45) is 1.24. The molecule has 70 valence electrons. The predicted octanol–water partition coefficient (Wildman–Crippen LogP) is -0.845. The fourth-order valence-electron chi connectivity index (χ4n) is 1.42. The van der Waals surface area contributed by atoms with Gasteiger partial charge in [-0.05, 0) is 12.8 Å². The molecule has 1 spiro atoms. The van der Waals surface area contributed by atoms with Crippen LogP contribution in [0.4, 0.5) is 4.79 Å². The highest BCUT2D eigenvalue weighted by Gasteiger charge is 2.59. The zero-order valence-electron chi connectivity index (χ0n) is 6.74. The van der Waals surface area contributed by atoms with Crippen molar-refractivity contribution in [2.24, 2.45) is 0 Å². The monoisotopic (exact) mass is 184 g/mol. The van der Waals surface area contributed by atoms with Crippen LogP contribution >= 0.6 is 0 Å². The Morgan fingerprint density at radius 1 is 1.54 bits per heavy atom. The molecule has 1 saturated heterocycles. The summed E-state index contributed by atoms with van der Waals surface area (Å²) in [4.78, 5) is 33.6. The van der Waals surface area contributed by atoms with Crippen molar-refractivity contribution in [2.45, 2.75) is 18.4 Å². The zero-order valence-corrected chi connectivity index (χ0v) is 6.74. The molecule has 2 fully saturated rings. The highest BCUT2D eigenvalue weighted by molar-refractivity contribution is 6.10. The summed E-state index contributed by atoms with van der Waals surface area (Å²) < 4.78 is 0. The number of nitrogens with one attached hydrogen (secondary N) is 1. The van der Waals surface area contributed by atoms with Crippen molar-refractivity contribution in [3.05, 3.63) is 0 Å². The van der Waals surface area contributed by atoms with Gasteiger partial charge in [-0.2, -0.15) is 0 Å². The van der Waals surface area contributed by atoms with Gasteiger partial charge in [-0.15, -0.1) is 0 Å². The van der Waals surface area contributed by atoms with Crippen molar-refractivity contribution in [1.82, 2.24) is 10.2 Å². The molecule has 1 aliphatic carbocycles. The van der Waals surface area contributed by atoms with E-state index in [0.717, 1.165) is 4.90 Å². The van der Waals surface area contributed by atoms with Gasteiger partial charge in [-0.1, -0.05) is 0 Å². The number of carbonyl (C=O) groups is 3.